The van der Waals surface area contributed by atoms with E-state index in [0.29, 0.717) is 18.1 Å². The third-order valence-electron chi connectivity index (χ3n) is 2.83. The lowest BCUT2D eigenvalue weighted by Crippen LogP contribution is -2.49. The predicted molar refractivity (Wildman–Crippen MR) is 76.6 cm³/mol. The highest BCUT2D eigenvalue weighted by Gasteiger charge is 2.23. The molecule has 0 amide bonds. The molecule has 8 heteroatoms. The summed E-state index contributed by atoms with van der Waals surface area (Å²) in [6.07, 6.45) is 2.36. The summed E-state index contributed by atoms with van der Waals surface area (Å²) >= 11 is 4.86. The minimum Gasteiger partial charge on any atom is -0.392 e. The van der Waals surface area contributed by atoms with Crippen LogP contribution in [0.1, 0.15) is 26.2 Å². The van der Waals surface area contributed by atoms with Crippen molar-refractivity contribution in [2.45, 2.75) is 32.2 Å². The van der Waals surface area contributed by atoms with Gasteiger partial charge in [-0.3, -0.25) is 4.90 Å². The third-order valence-corrected chi connectivity index (χ3v) is 4.19. The zero-order valence-corrected chi connectivity index (χ0v) is 12.3. The van der Waals surface area contributed by atoms with Gasteiger partial charge in [-0.2, -0.15) is 13.1 Å². The Morgan fingerprint density at radius 1 is 1.44 bits per heavy atom. The Hall–Kier alpha value is -0.280. The van der Waals surface area contributed by atoms with E-state index < -0.39 is 10.2 Å². The smallest absolute Gasteiger partial charge is 0.277 e. The molecule has 0 unspecified atom stereocenters. The van der Waals surface area contributed by atoms with Crippen molar-refractivity contribution in [3.05, 3.63) is 0 Å². The number of hydrogen-bond acceptors (Lipinski definition) is 4. The average molecular weight is 294 g/mol. The van der Waals surface area contributed by atoms with Crippen LogP contribution < -0.4 is 15.2 Å². The van der Waals surface area contributed by atoms with Gasteiger partial charge in [0.1, 0.15) is 0 Å². The molecule has 106 valence electrons. The van der Waals surface area contributed by atoms with E-state index in [1.165, 1.54) is 0 Å². The molecule has 4 N–H and O–H groups in total. The van der Waals surface area contributed by atoms with Crippen LogP contribution in [0.4, 0.5) is 0 Å². The molecule has 0 aromatic rings. The standard InChI is InChI=1S/C10H22N4O2S2/c1-2-5-12-18(15,16)13-9-3-6-14(7-4-9)8-10(11)17/h9,12-13H,2-8H2,1H3,(H2,11,17). The first-order valence-corrected chi connectivity index (χ1v) is 8.09. The molecule has 1 aliphatic rings. The number of nitrogens with one attached hydrogen (secondary N) is 2. The molecule has 1 aliphatic heterocycles. The Morgan fingerprint density at radius 2 is 2.06 bits per heavy atom. The van der Waals surface area contributed by atoms with Crippen LogP contribution in [0.25, 0.3) is 0 Å². The minimum absolute atomic E-state index is 0.00181. The molecule has 6 nitrogen and oxygen atoms in total. The molecule has 1 rings (SSSR count). The summed E-state index contributed by atoms with van der Waals surface area (Å²) in [4.78, 5) is 2.63. The Kier molecular flexibility index (Phi) is 6.44. The van der Waals surface area contributed by atoms with E-state index in [1.807, 2.05) is 6.92 Å². The van der Waals surface area contributed by atoms with Gasteiger partial charge in [-0.1, -0.05) is 19.1 Å². The predicted octanol–water partition coefficient (Wildman–Crippen LogP) is -0.429. The van der Waals surface area contributed by atoms with Gasteiger partial charge in [0.2, 0.25) is 0 Å². The molecule has 0 aromatic heterocycles. The van der Waals surface area contributed by atoms with Crippen molar-refractivity contribution in [3.63, 3.8) is 0 Å². The van der Waals surface area contributed by atoms with Gasteiger partial charge < -0.3 is 5.73 Å². The minimum atomic E-state index is -3.35. The number of nitrogens with two attached hydrogens (primary N) is 1. The maximum absolute atomic E-state index is 11.6. The molecule has 0 saturated carbocycles. The van der Waals surface area contributed by atoms with Gasteiger partial charge in [0.05, 0.1) is 4.99 Å². The van der Waals surface area contributed by atoms with Crippen LogP contribution in [0.15, 0.2) is 0 Å². The fraction of sp³-hybridized carbons (Fsp3) is 0.900. The topological polar surface area (TPSA) is 87.5 Å². The molecule has 18 heavy (non-hydrogen) atoms. The fourth-order valence-electron chi connectivity index (χ4n) is 1.93. The molecule has 0 aliphatic carbocycles. The lowest BCUT2D eigenvalue weighted by atomic mass is 10.1. The zero-order chi connectivity index (χ0) is 13.6. The maximum atomic E-state index is 11.6. The van der Waals surface area contributed by atoms with Crippen molar-refractivity contribution < 1.29 is 8.42 Å². The molecular weight excluding hydrogens is 272 g/mol. The number of thiocarbonyl (C=S) groups is 1. The molecular formula is C10H22N4O2S2. The third kappa shape index (κ3) is 6.05. The first-order valence-electron chi connectivity index (χ1n) is 6.20. The summed E-state index contributed by atoms with van der Waals surface area (Å²) in [5, 5.41) is 0. The largest absolute Gasteiger partial charge is 0.392 e. The highest BCUT2D eigenvalue weighted by atomic mass is 32.2. The van der Waals surface area contributed by atoms with Crippen molar-refractivity contribution in [3.8, 4) is 0 Å². The average Bonchev–Trinajstić information content (AvgIpc) is 2.28. The van der Waals surface area contributed by atoms with Crippen molar-refractivity contribution in [1.82, 2.24) is 14.3 Å². The molecule has 0 spiro atoms. The highest BCUT2D eigenvalue weighted by molar-refractivity contribution is 7.87. The van der Waals surface area contributed by atoms with Gasteiger partial charge in [0.15, 0.2) is 0 Å². The van der Waals surface area contributed by atoms with Crippen molar-refractivity contribution >= 4 is 27.4 Å². The molecule has 0 atom stereocenters. The Morgan fingerprint density at radius 3 is 2.56 bits per heavy atom. The number of likely N-dealkylation sites (tertiary alicyclic amines) is 1. The van der Waals surface area contributed by atoms with Crippen LogP contribution in [0.2, 0.25) is 0 Å². The second-order valence-corrected chi connectivity index (χ2v) is 6.59. The van der Waals surface area contributed by atoms with Gasteiger partial charge in [0.25, 0.3) is 10.2 Å². The van der Waals surface area contributed by atoms with Gasteiger partial charge in [-0.25, -0.2) is 4.72 Å². The quantitative estimate of drug-likeness (QED) is 0.555. The Balaban J connectivity index is 2.33. The molecule has 1 fully saturated rings. The van der Waals surface area contributed by atoms with Crippen LogP contribution >= 0.6 is 12.2 Å². The van der Waals surface area contributed by atoms with E-state index in [0.717, 1.165) is 32.4 Å². The van der Waals surface area contributed by atoms with E-state index in [4.69, 9.17) is 18.0 Å². The van der Waals surface area contributed by atoms with E-state index in [9.17, 15) is 8.42 Å². The summed E-state index contributed by atoms with van der Waals surface area (Å²) in [6, 6.07) is 0.00181. The molecule has 1 saturated heterocycles. The van der Waals surface area contributed by atoms with E-state index in [1.54, 1.807) is 0 Å². The lowest BCUT2D eigenvalue weighted by Gasteiger charge is -2.31. The van der Waals surface area contributed by atoms with Gasteiger partial charge in [0, 0.05) is 32.2 Å². The van der Waals surface area contributed by atoms with Crippen LogP contribution in [-0.2, 0) is 10.2 Å². The first-order chi connectivity index (χ1) is 8.43. The Labute approximate surface area is 114 Å². The normalized spacial score (nSPS) is 18.9. The van der Waals surface area contributed by atoms with Crippen molar-refractivity contribution in [1.29, 1.82) is 0 Å². The van der Waals surface area contributed by atoms with Gasteiger partial charge in [-0.05, 0) is 19.3 Å². The van der Waals surface area contributed by atoms with Crippen molar-refractivity contribution in [2.24, 2.45) is 5.73 Å². The highest BCUT2D eigenvalue weighted by Crippen LogP contribution is 2.10. The number of piperidine rings is 1. The molecule has 0 bridgehead atoms. The van der Waals surface area contributed by atoms with Crippen LogP contribution in [0, 0.1) is 0 Å². The van der Waals surface area contributed by atoms with Gasteiger partial charge in [-0.15, -0.1) is 0 Å². The summed E-state index contributed by atoms with van der Waals surface area (Å²) in [5.74, 6) is 0. The fourth-order valence-corrected chi connectivity index (χ4v) is 3.34. The summed E-state index contributed by atoms with van der Waals surface area (Å²) in [7, 11) is -3.35. The number of nitrogens with zero attached hydrogens (tertiary/aromatic N) is 1. The molecule has 0 radical (unpaired) electrons. The van der Waals surface area contributed by atoms with Gasteiger partial charge >= 0.3 is 0 Å². The van der Waals surface area contributed by atoms with Crippen molar-refractivity contribution in [2.75, 3.05) is 26.2 Å². The summed E-state index contributed by atoms with van der Waals surface area (Å²) in [5.41, 5.74) is 5.48. The maximum Gasteiger partial charge on any atom is 0.277 e. The van der Waals surface area contributed by atoms with Crippen LogP contribution in [-0.4, -0.2) is 50.5 Å². The second kappa shape index (κ2) is 7.34. The second-order valence-electron chi connectivity index (χ2n) is 4.53. The van der Waals surface area contributed by atoms with E-state index in [2.05, 4.69) is 14.3 Å². The number of rotatable bonds is 7. The number of hydrogen-bond donors (Lipinski definition) is 3. The Bertz CT molecular complexity index is 364. The lowest BCUT2D eigenvalue weighted by molar-refractivity contribution is 0.232. The van der Waals surface area contributed by atoms with E-state index in [-0.39, 0.29) is 6.04 Å². The summed E-state index contributed by atoms with van der Waals surface area (Å²) < 4.78 is 28.5. The van der Waals surface area contributed by atoms with Crippen LogP contribution in [0.3, 0.4) is 0 Å². The SMILES string of the molecule is CCCNS(=O)(=O)NC1CCN(CC(N)=S)CC1. The summed E-state index contributed by atoms with van der Waals surface area (Å²) in [6.45, 7) is 4.64. The molecule has 1 heterocycles. The first kappa shape index (κ1) is 15.8. The van der Waals surface area contributed by atoms with Crippen LogP contribution in [0.5, 0.6) is 0 Å². The zero-order valence-electron chi connectivity index (χ0n) is 10.7. The monoisotopic (exact) mass is 294 g/mol. The van der Waals surface area contributed by atoms with E-state index >= 15 is 0 Å². The molecule has 0 aromatic carbocycles.